The van der Waals surface area contributed by atoms with E-state index in [1.807, 2.05) is 62.5 Å². The summed E-state index contributed by atoms with van der Waals surface area (Å²) < 4.78 is 0. The zero-order chi connectivity index (χ0) is 19.1. The van der Waals surface area contributed by atoms with Crippen molar-refractivity contribution in [3.05, 3.63) is 135 Å². The fourth-order valence-corrected chi connectivity index (χ4v) is 2.01. The second-order valence-corrected chi connectivity index (χ2v) is 4.85. The maximum atomic E-state index is 3.96. The third-order valence-electron chi connectivity index (χ3n) is 3.20. The van der Waals surface area contributed by atoms with Crippen molar-refractivity contribution in [2.75, 3.05) is 0 Å². The van der Waals surface area contributed by atoms with Crippen molar-refractivity contribution < 1.29 is 0 Å². The average Bonchev–Trinajstić information content (AvgIpc) is 2.64. The lowest BCUT2D eigenvalue weighted by Crippen LogP contribution is -2.19. The molecule has 0 aromatic rings. The molecular formula is C24H29N. The minimum atomic E-state index is 0.891. The van der Waals surface area contributed by atoms with E-state index in [1.165, 1.54) is 0 Å². The molecule has 0 saturated heterocycles. The number of rotatable bonds is 11. The minimum absolute atomic E-state index is 0.891. The van der Waals surface area contributed by atoms with Gasteiger partial charge in [0, 0.05) is 17.1 Å². The Bertz CT molecular complexity index is 663. The lowest BCUT2D eigenvalue weighted by atomic mass is 10.1. The predicted octanol–water partition coefficient (Wildman–Crippen LogP) is 6.95. The zero-order valence-corrected chi connectivity index (χ0v) is 15.5. The highest BCUT2D eigenvalue weighted by Crippen LogP contribution is 2.24. The fraction of sp³-hybridized carbons (Fsp3) is 0.0833. The van der Waals surface area contributed by atoms with Crippen LogP contribution in [0.25, 0.3) is 0 Å². The molecule has 0 amide bonds. The van der Waals surface area contributed by atoms with Gasteiger partial charge in [0.05, 0.1) is 0 Å². The first-order chi connectivity index (χ1) is 12.1. The molecule has 0 aromatic carbocycles. The highest BCUT2D eigenvalue weighted by molar-refractivity contribution is 5.42. The normalized spacial score (nSPS) is 12.8. The molecule has 0 aromatic heterocycles. The van der Waals surface area contributed by atoms with Crippen LogP contribution in [0.4, 0.5) is 0 Å². The molecule has 0 unspecified atom stereocenters. The number of allylic oxidation sites excluding steroid dienone is 14. The summed E-state index contributed by atoms with van der Waals surface area (Å²) in [6, 6.07) is 0. The Morgan fingerprint density at radius 3 is 1.68 bits per heavy atom. The van der Waals surface area contributed by atoms with Crippen molar-refractivity contribution in [2.24, 2.45) is 0 Å². The van der Waals surface area contributed by atoms with Gasteiger partial charge in [0.1, 0.15) is 0 Å². The first kappa shape index (κ1) is 21.9. The van der Waals surface area contributed by atoms with E-state index in [9.17, 15) is 0 Å². The highest BCUT2D eigenvalue weighted by Gasteiger charge is 2.13. The molecule has 0 saturated carbocycles. The van der Waals surface area contributed by atoms with Gasteiger partial charge in [0.25, 0.3) is 0 Å². The van der Waals surface area contributed by atoms with Crippen molar-refractivity contribution in [3.8, 4) is 0 Å². The molecule has 0 spiro atoms. The Morgan fingerprint density at radius 1 is 0.640 bits per heavy atom. The minimum Gasteiger partial charge on any atom is -0.311 e. The quantitative estimate of drug-likeness (QED) is 0.370. The predicted molar refractivity (Wildman–Crippen MR) is 115 cm³/mol. The summed E-state index contributed by atoms with van der Waals surface area (Å²) in [7, 11) is 0. The second kappa shape index (κ2) is 13.4. The van der Waals surface area contributed by atoms with Crippen LogP contribution in [0.2, 0.25) is 0 Å². The number of hydrogen-bond acceptors (Lipinski definition) is 1. The Balaban J connectivity index is 6.52. The second-order valence-electron chi connectivity index (χ2n) is 4.85. The van der Waals surface area contributed by atoms with Gasteiger partial charge in [-0.1, -0.05) is 75.4 Å². The summed E-state index contributed by atoms with van der Waals surface area (Å²) in [4.78, 5) is 2.06. The number of nitrogens with zero attached hydrogens (tertiary/aromatic N) is 1. The third-order valence-corrected chi connectivity index (χ3v) is 3.20. The topological polar surface area (TPSA) is 3.24 Å². The summed E-state index contributed by atoms with van der Waals surface area (Å²) in [6.45, 7) is 23.2. The van der Waals surface area contributed by atoms with Crippen LogP contribution in [-0.4, -0.2) is 4.90 Å². The summed E-state index contributed by atoms with van der Waals surface area (Å²) in [5.41, 5.74) is 3.69. The molecule has 25 heavy (non-hydrogen) atoms. The van der Waals surface area contributed by atoms with Gasteiger partial charge in [-0.3, -0.25) is 0 Å². The van der Waals surface area contributed by atoms with Crippen LogP contribution in [-0.2, 0) is 0 Å². The van der Waals surface area contributed by atoms with Gasteiger partial charge in [-0.25, -0.2) is 0 Å². The van der Waals surface area contributed by atoms with Crippen molar-refractivity contribution in [1.29, 1.82) is 0 Å². The van der Waals surface area contributed by atoms with Gasteiger partial charge in [-0.2, -0.15) is 0 Å². The molecule has 0 bridgehead atoms. The van der Waals surface area contributed by atoms with Crippen LogP contribution in [0, 0.1) is 0 Å². The lowest BCUT2D eigenvalue weighted by Gasteiger charge is -2.28. The maximum Gasteiger partial charge on any atom is 0.0458 e. The van der Waals surface area contributed by atoms with Crippen LogP contribution in [0.5, 0.6) is 0 Å². The summed E-state index contributed by atoms with van der Waals surface area (Å²) in [5, 5.41) is 0. The average molecular weight is 332 g/mol. The first-order valence-corrected chi connectivity index (χ1v) is 8.13. The molecule has 1 nitrogen and oxygen atoms in total. The Hall–Kier alpha value is -3.06. The smallest absolute Gasteiger partial charge is 0.0458 e. The summed E-state index contributed by atoms with van der Waals surface area (Å²) >= 11 is 0. The molecule has 0 fully saturated rings. The van der Waals surface area contributed by atoms with E-state index >= 15 is 0 Å². The fourth-order valence-electron chi connectivity index (χ4n) is 2.01. The van der Waals surface area contributed by atoms with Gasteiger partial charge in [0.2, 0.25) is 0 Å². The van der Waals surface area contributed by atoms with Crippen molar-refractivity contribution in [1.82, 2.24) is 4.90 Å². The molecular weight excluding hydrogens is 302 g/mol. The van der Waals surface area contributed by atoms with Crippen LogP contribution < -0.4 is 0 Å². The highest BCUT2D eigenvalue weighted by atomic mass is 15.2. The first-order valence-electron chi connectivity index (χ1n) is 8.13. The molecule has 0 rings (SSSR count). The van der Waals surface area contributed by atoms with Crippen LogP contribution in [0.3, 0.4) is 0 Å². The van der Waals surface area contributed by atoms with Crippen molar-refractivity contribution in [2.45, 2.75) is 13.8 Å². The standard InChI is InChI=1S/C24H29N/c1-8-15-18-24(17-10-3)25(22(13-6)16-9-2)23(14-7)20-19-21(11-4)12-5/h8-20H,2,4-7H2,1,3H3/b15-8-,17-10-,22-16+,23-20+,24-18+. The lowest BCUT2D eigenvalue weighted by molar-refractivity contribution is 0.578. The van der Waals surface area contributed by atoms with Gasteiger partial charge in [-0.05, 0) is 55.9 Å². The number of hydrogen-bond donors (Lipinski definition) is 0. The van der Waals surface area contributed by atoms with E-state index in [1.54, 1.807) is 30.4 Å². The molecule has 0 N–H and O–H groups in total. The largest absolute Gasteiger partial charge is 0.311 e. The Kier molecular flexibility index (Phi) is 11.7. The molecule has 0 aliphatic heterocycles. The molecule has 0 heterocycles. The van der Waals surface area contributed by atoms with E-state index in [0.29, 0.717) is 0 Å². The molecule has 1 heteroatoms. The van der Waals surface area contributed by atoms with Gasteiger partial charge >= 0.3 is 0 Å². The van der Waals surface area contributed by atoms with E-state index in [2.05, 4.69) is 37.8 Å². The molecule has 0 radical (unpaired) electrons. The Morgan fingerprint density at radius 2 is 1.24 bits per heavy atom. The molecule has 0 aliphatic carbocycles. The monoisotopic (exact) mass is 331 g/mol. The SMILES string of the molecule is C=C/C=C(\C=C)N(/C(C=C)=C/C=C(C=C)C=C)C(/C=C\C)=C/C=C\C. The van der Waals surface area contributed by atoms with Crippen LogP contribution >= 0.6 is 0 Å². The molecule has 130 valence electrons. The summed E-state index contributed by atoms with van der Waals surface area (Å²) in [6.07, 6.45) is 24.7. The van der Waals surface area contributed by atoms with Gasteiger partial charge in [0.15, 0.2) is 0 Å². The zero-order valence-electron chi connectivity index (χ0n) is 15.5. The van der Waals surface area contributed by atoms with Gasteiger partial charge < -0.3 is 4.90 Å². The van der Waals surface area contributed by atoms with E-state index in [-0.39, 0.29) is 0 Å². The van der Waals surface area contributed by atoms with E-state index in [4.69, 9.17) is 0 Å². The molecule has 0 atom stereocenters. The van der Waals surface area contributed by atoms with Crippen molar-refractivity contribution in [3.63, 3.8) is 0 Å². The van der Waals surface area contributed by atoms with Crippen LogP contribution in [0.15, 0.2) is 135 Å². The Labute approximate surface area is 153 Å². The van der Waals surface area contributed by atoms with Crippen molar-refractivity contribution >= 4 is 0 Å². The van der Waals surface area contributed by atoms with E-state index in [0.717, 1.165) is 22.7 Å². The maximum absolute atomic E-state index is 3.96. The van der Waals surface area contributed by atoms with Gasteiger partial charge in [-0.15, -0.1) is 0 Å². The van der Waals surface area contributed by atoms with E-state index < -0.39 is 0 Å². The third kappa shape index (κ3) is 7.36. The molecule has 0 aliphatic rings. The summed E-state index contributed by atoms with van der Waals surface area (Å²) in [5.74, 6) is 0. The van der Waals surface area contributed by atoms with Crippen LogP contribution in [0.1, 0.15) is 13.8 Å².